The molecule has 3 aromatic rings. The van der Waals surface area contributed by atoms with Crippen molar-refractivity contribution in [2.45, 2.75) is 102 Å². The van der Waals surface area contributed by atoms with Crippen LogP contribution >= 0.6 is 0 Å². The molecule has 2 aromatic heterocycles. The molecule has 1 aromatic carbocycles. The van der Waals surface area contributed by atoms with Gasteiger partial charge in [0.2, 0.25) is 0 Å². The molecule has 13 heteroatoms. The molecule has 3 aliphatic rings. The highest BCUT2D eigenvalue weighted by atomic mass is 19.4. The summed E-state index contributed by atoms with van der Waals surface area (Å²) in [5.74, 6) is 0.720. The first-order valence-electron chi connectivity index (χ1n) is 16.5. The maximum Gasteiger partial charge on any atom is 0.416 e. The van der Waals surface area contributed by atoms with E-state index >= 15 is 0 Å². The maximum absolute atomic E-state index is 14.3. The van der Waals surface area contributed by atoms with Gasteiger partial charge in [-0.1, -0.05) is 17.3 Å². The molecule has 0 spiro atoms. The summed E-state index contributed by atoms with van der Waals surface area (Å²) in [6.07, 6.45) is -0.175. The normalized spacial score (nSPS) is 24.4. The molecule has 5 heterocycles. The van der Waals surface area contributed by atoms with E-state index in [4.69, 9.17) is 19.0 Å². The van der Waals surface area contributed by atoms with E-state index in [2.05, 4.69) is 15.5 Å². The summed E-state index contributed by atoms with van der Waals surface area (Å²) in [4.78, 5) is 25.2. The average Bonchev–Trinajstić information content (AvgIpc) is 3.51. The first-order chi connectivity index (χ1) is 22.5. The van der Waals surface area contributed by atoms with Gasteiger partial charge in [0.15, 0.2) is 11.5 Å². The van der Waals surface area contributed by atoms with Crippen LogP contribution in [0.3, 0.4) is 0 Å². The van der Waals surface area contributed by atoms with Gasteiger partial charge in [0.25, 0.3) is 5.91 Å². The number of ether oxygens (including phenoxy) is 2. The molecular formula is C34H41F4N5O4. The number of amides is 1. The zero-order valence-corrected chi connectivity index (χ0v) is 26.7. The molecule has 4 atom stereocenters. The molecule has 6 rings (SSSR count). The molecule has 0 saturated carbocycles. The van der Waals surface area contributed by atoms with Crippen LogP contribution in [-0.4, -0.2) is 76.6 Å². The second-order valence-electron chi connectivity index (χ2n) is 12.8. The van der Waals surface area contributed by atoms with E-state index in [0.717, 1.165) is 37.0 Å². The van der Waals surface area contributed by atoms with Gasteiger partial charge >= 0.3 is 6.18 Å². The minimum absolute atomic E-state index is 0.115. The summed E-state index contributed by atoms with van der Waals surface area (Å²) >= 11 is 0. The van der Waals surface area contributed by atoms with Gasteiger partial charge in [-0.05, 0) is 82.9 Å². The van der Waals surface area contributed by atoms with E-state index in [1.54, 1.807) is 17.9 Å². The third-order valence-corrected chi connectivity index (χ3v) is 9.49. The highest BCUT2D eigenvalue weighted by molar-refractivity contribution is 5.94. The number of hydrogen-bond donors (Lipinski definition) is 1. The van der Waals surface area contributed by atoms with Crippen molar-refractivity contribution in [1.82, 2.24) is 25.3 Å². The number of carbonyl (C=O) groups excluding carboxylic acids is 1. The number of rotatable bonds is 8. The Morgan fingerprint density at radius 3 is 2.49 bits per heavy atom. The minimum Gasteiger partial charge on any atom is -0.378 e. The van der Waals surface area contributed by atoms with Crippen molar-refractivity contribution in [1.29, 1.82) is 0 Å². The van der Waals surface area contributed by atoms with Crippen molar-refractivity contribution in [3.8, 4) is 11.5 Å². The fraction of sp³-hybridized carbons (Fsp3) is 0.588. The quantitative estimate of drug-likeness (QED) is 0.280. The SMILES string of the molecule is Cc1cc(-c2nc(CC[C@H]3CCC[C@@H](c4ccc(C(F)(F)F)cc4)O3)c(C)c(C(=O)N3CCC(N[C@@H]4CCOC[C@@H]4F)CC3)n2)no1. The summed E-state index contributed by atoms with van der Waals surface area (Å²) in [6, 6.07) is 6.82. The van der Waals surface area contributed by atoms with Crippen LogP contribution in [0, 0.1) is 13.8 Å². The van der Waals surface area contributed by atoms with Crippen molar-refractivity contribution in [2.75, 3.05) is 26.3 Å². The van der Waals surface area contributed by atoms with E-state index in [1.807, 2.05) is 6.92 Å². The second kappa shape index (κ2) is 14.4. The Labute approximate surface area is 271 Å². The molecule has 0 radical (unpaired) electrons. The van der Waals surface area contributed by atoms with Gasteiger partial charge in [0, 0.05) is 49.1 Å². The zero-order chi connectivity index (χ0) is 33.1. The molecule has 3 fully saturated rings. The maximum atomic E-state index is 14.3. The van der Waals surface area contributed by atoms with E-state index in [-0.39, 0.29) is 36.8 Å². The Bertz CT molecular complexity index is 1520. The Balaban J connectivity index is 1.14. The summed E-state index contributed by atoms with van der Waals surface area (Å²) in [5.41, 5.74) is 2.21. The fourth-order valence-electron chi connectivity index (χ4n) is 6.74. The zero-order valence-electron chi connectivity index (χ0n) is 26.7. The molecular weight excluding hydrogens is 618 g/mol. The molecule has 47 heavy (non-hydrogen) atoms. The topological polar surface area (TPSA) is 103 Å². The number of halogens is 4. The predicted octanol–water partition coefficient (Wildman–Crippen LogP) is 6.33. The van der Waals surface area contributed by atoms with Crippen molar-refractivity contribution in [3.63, 3.8) is 0 Å². The number of aryl methyl sites for hydroxylation is 2. The molecule has 0 unspecified atom stereocenters. The standard InChI is InChI=1S/C34H41F4N5O4/c1-20-18-29(42-47-20)32-40-27(11-10-25-4-3-5-30(46-25)22-6-8-23(9-7-22)34(36,37)38)21(2)31(41-32)33(44)43-15-12-24(13-16-43)39-28-14-17-45-19-26(28)35/h6-9,18,24-26,28,30,39H,3-5,10-17,19H2,1-2H3/t25-,26+,28-,30+/m1/s1. The summed E-state index contributed by atoms with van der Waals surface area (Å²) < 4.78 is 70.3. The molecule has 0 bridgehead atoms. The Hall–Kier alpha value is -3.42. The van der Waals surface area contributed by atoms with Gasteiger partial charge in [0.05, 0.1) is 24.4 Å². The van der Waals surface area contributed by atoms with Crippen molar-refractivity contribution in [2.24, 2.45) is 0 Å². The van der Waals surface area contributed by atoms with Gasteiger partial charge < -0.3 is 24.2 Å². The van der Waals surface area contributed by atoms with Gasteiger partial charge in [-0.2, -0.15) is 13.2 Å². The van der Waals surface area contributed by atoms with E-state index in [9.17, 15) is 22.4 Å². The Morgan fingerprint density at radius 2 is 1.81 bits per heavy atom. The Morgan fingerprint density at radius 1 is 1.04 bits per heavy atom. The van der Waals surface area contributed by atoms with Crippen LogP contribution in [0.2, 0.25) is 0 Å². The molecule has 254 valence electrons. The lowest BCUT2D eigenvalue weighted by Crippen LogP contribution is -2.52. The number of aromatic nitrogens is 3. The smallest absolute Gasteiger partial charge is 0.378 e. The van der Waals surface area contributed by atoms with Crippen LogP contribution in [-0.2, 0) is 22.1 Å². The average molecular weight is 660 g/mol. The summed E-state index contributed by atoms with van der Waals surface area (Å²) in [5, 5.41) is 7.52. The number of carbonyl (C=O) groups is 1. The van der Waals surface area contributed by atoms with Crippen molar-refractivity contribution < 1.29 is 36.4 Å². The second-order valence-corrected chi connectivity index (χ2v) is 12.8. The van der Waals surface area contributed by atoms with Gasteiger partial charge in [-0.25, -0.2) is 14.4 Å². The monoisotopic (exact) mass is 659 g/mol. The predicted molar refractivity (Wildman–Crippen MR) is 164 cm³/mol. The highest BCUT2D eigenvalue weighted by Gasteiger charge is 2.33. The number of hydrogen-bond acceptors (Lipinski definition) is 8. The molecule has 1 amide bonds. The van der Waals surface area contributed by atoms with Crippen LogP contribution in [0.25, 0.3) is 11.5 Å². The number of likely N-dealkylation sites (tertiary alicyclic amines) is 1. The van der Waals surface area contributed by atoms with Gasteiger partial charge in [-0.3, -0.25) is 4.79 Å². The van der Waals surface area contributed by atoms with Crippen LogP contribution in [0.15, 0.2) is 34.9 Å². The lowest BCUT2D eigenvalue weighted by molar-refractivity contribution is -0.137. The van der Waals surface area contributed by atoms with Gasteiger partial charge in [-0.15, -0.1) is 0 Å². The van der Waals surface area contributed by atoms with Crippen LogP contribution in [0.1, 0.15) is 89.7 Å². The van der Waals surface area contributed by atoms with Crippen molar-refractivity contribution in [3.05, 3.63) is 64.2 Å². The van der Waals surface area contributed by atoms with E-state index < -0.39 is 17.9 Å². The fourth-order valence-corrected chi connectivity index (χ4v) is 6.74. The van der Waals surface area contributed by atoms with Gasteiger partial charge in [0.1, 0.15) is 17.6 Å². The number of benzene rings is 1. The van der Waals surface area contributed by atoms with Crippen LogP contribution < -0.4 is 5.32 Å². The summed E-state index contributed by atoms with van der Waals surface area (Å²) in [6.45, 7) is 5.34. The van der Waals surface area contributed by atoms with Crippen LogP contribution in [0.5, 0.6) is 0 Å². The third-order valence-electron chi connectivity index (χ3n) is 9.49. The van der Waals surface area contributed by atoms with E-state index in [0.29, 0.717) is 86.0 Å². The summed E-state index contributed by atoms with van der Waals surface area (Å²) in [7, 11) is 0. The number of piperidine rings is 1. The number of alkyl halides is 4. The van der Waals surface area contributed by atoms with E-state index in [1.165, 1.54) is 12.1 Å². The molecule has 0 aliphatic carbocycles. The largest absolute Gasteiger partial charge is 0.416 e. The third kappa shape index (κ3) is 8.01. The molecule has 3 saturated heterocycles. The number of nitrogens with zero attached hydrogens (tertiary/aromatic N) is 4. The molecule has 9 nitrogen and oxygen atoms in total. The first kappa shape index (κ1) is 33.5. The lowest BCUT2D eigenvalue weighted by atomic mass is 9.95. The van der Waals surface area contributed by atoms with Crippen LogP contribution in [0.4, 0.5) is 17.6 Å². The molecule has 3 aliphatic heterocycles. The number of nitrogens with one attached hydrogen (secondary N) is 1. The highest BCUT2D eigenvalue weighted by Crippen LogP contribution is 2.35. The molecule has 1 N–H and O–H groups in total. The van der Waals surface area contributed by atoms with Crippen molar-refractivity contribution >= 4 is 5.91 Å². The first-order valence-corrected chi connectivity index (χ1v) is 16.5. The minimum atomic E-state index is -4.38. The lowest BCUT2D eigenvalue weighted by Gasteiger charge is -2.36. The Kier molecular flexibility index (Phi) is 10.2.